The zero-order valence-electron chi connectivity index (χ0n) is 9.39. The maximum atomic E-state index is 11.2. The van der Waals surface area contributed by atoms with Crippen LogP contribution in [0.1, 0.15) is 11.5 Å². The van der Waals surface area contributed by atoms with E-state index in [2.05, 4.69) is 9.97 Å². The molecule has 0 aromatic carbocycles. The van der Waals surface area contributed by atoms with Crippen LogP contribution in [-0.2, 0) is 0 Å². The normalized spacial score (nSPS) is 9.94. The molecule has 6 nitrogen and oxygen atoms in total. The lowest BCUT2D eigenvalue weighted by Crippen LogP contribution is -2.19. The second-order valence-corrected chi connectivity index (χ2v) is 3.51. The summed E-state index contributed by atoms with van der Waals surface area (Å²) in [5.41, 5.74) is -0.399. The molecule has 2 aromatic rings. The van der Waals surface area contributed by atoms with Crippen molar-refractivity contribution in [2.75, 3.05) is 11.9 Å². The minimum atomic E-state index is -0.561. The largest absolute Gasteiger partial charge is 0.445 e. The van der Waals surface area contributed by atoms with Gasteiger partial charge in [0.25, 0.3) is 0 Å². The first-order valence-corrected chi connectivity index (χ1v) is 4.92. The van der Waals surface area contributed by atoms with Gasteiger partial charge in [0.05, 0.1) is 0 Å². The van der Waals surface area contributed by atoms with E-state index in [9.17, 15) is 4.79 Å². The van der Waals surface area contributed by atoms with Crippen molar-refractivity contribution >= 4 is 11.7 Å². The number of hydrogen-bond acceptors (Lipinski definition) is 5. The van der Waals surface area contributed by atoms with Gasteiger partial charge in [0.15, 0.2) is 0 Å². The smallest absolute Gasteiger partial charge is 0.347 e. The van der Waals surface area contributed by atoms with Gasteiger partial charge in [-0.1, -0.05) is 0 Å². The van der Waals surface area contributed by atoms with Crippen LogP contribution in [0.4, 0.5) is 11.7 Å². The van der Waals surface area contributed by atoms with Crippen molar-refractivity contribution in [1.29, 1.82) is 5.26 Å². The summed E-state index contributed by atoms with van der Waals surface area (Å²) in [5, 5.41) is 8.75. The van der Waals surface area contributed by atoms with Crippen LogP contribution in [0.15, 0.2) is 27.4 Å². The van der Waals surface area contributed by atoms with E-state index in [0.717, 1.165) is 5.76 Å². The number of aromatic nitrogens is 2. The molecule has 0 aliphatic carbocycles. The molecule has 0 amide bonds. The Balaban J connectivity index is 2.44. The van der Waals surface area contributed by atoms with Crippen molar-refractivity contribution in [3.8, 4) is 6.07 Å². The Hall–Kier alpha value is -2.55. The van der Waals surface area contributed by atoms with Gasteiger partial charge in [0.1, 0.15) is 23.3 Å². The lowest BCUT2D eigenvalue weighted by atomic mass is 10.4. The predicted octanol–water partition coefficient (Wildman–Crippen LogP) is 1.31. The maximum absolute atomic E-state index is 11.2. The van der Waals surface area contributed by atoms with Crippen LogP contribution in [0.3, 0.4) is 0 Å². The van der Waals surface area contributed by atoms with Gasteiger partial charge in [-0.05, 0) is 13.0 Å². The number of aromatic amines is 1. The van der Waals surface area contributed by atoms with E-state index < -0.39 is 5.69 Å². The van der Waals surface area contributed by atoms with Crippen molar-refractivity contribution in [2.45, 2.75) is 6.92 Å². The summed E-state index contributed by atoms with van der Waals surface area (Å²) in [7, 11) is 1.71. The molecule has 0 saturated heterocycles. The second kappa shape index (κ2) is 4.14. The number of nitriles is 1. The molecule has 6 heteroatoms. The Labute approximate surface area is 97.1 Å². The zero-order chi connectivity index (χ0) is 12.4. The number of H-pyrrole nitrogens is 1. The highest BCUT2D eigenvalue weighted by Gasteiger charge is 2.10. The number of aryl methyl sites for hydroxylation is 1. The first kappa shape index (κ1) is 11.0. The summed E-state index contributed by atoms with van der Waals surface area (Å²) < 4.78 is 5.40. The van der Waals surface area contributed by atoms with Crippen LogP contribution in [0.25, 0.3) is 0 Å². The third-order valence-corrected chi connectivity index (χ3v) is 2.25. The molecule has 17 heavy (non-hydrogen) atoms. The van der Waals surface area contributed by atoms with E-state index in [1.54, 1.807) is 18.0 Å². The quantitative estimate of drug-likeness (QED) is 0.840. The molecule has 0 saturated carbocycles. The van der Waals surface area contributed by atoms with Crippen LogP contribution >= 0.6 is 0 Å². The highest BCUT2D eigenvalue weighted by molar-refractivity contribution is 5.54. The Bertz CT molecular complexity index is 635. The van der Waals surface area contributed by atoms with Gasteiger partial charge in [-0.15, -0.1) is 0 Å². The van der Waals surface area contributed by atoms with E-state index >= 15 is 0 Å². The highest BCUT2D eigenvalue weighted by atomic mass is 16.4. The van der Waals surface area contributed by atoms with Crippen LogP contribution in [-0.4, -0.2) is 17.0 Å². The Kier molecular flexibility index (Phi) is 2.66. The molecule has 0 bridgehead atoms. The third kappa shape index (κ3) is 2.18. The van der Waals surface area contributed by atoms with Gasteiger partial charge in [0, 0.05) is 19.2 Å². The summed E-state index contributed by atoms with van der Waals surface area (Å²) in [6.45, 7) is 1.82. The van der Waals surface area contributed by atoms with E-state index in [-0.39, 0.29) is 5.69 Å². The van der Waals surface area contributed by atoms with Gasteiger partial charge in [-0.2, -0.15) is 10.2 Å². The topological polar surface area (TPSA) is 85.9 Å². The summed E-state index contributed by atoms with van der Waals surface area (Å²) in [5.74, 6) is 1.68. The molecule has 0 spiro atoms. The molecule has 2 heterocycles. The molecule has 2 rings (SSSR count). The molecular weight excluding hydrogens is 220 g/mol. The lowest BCUT2D eigenvalue weighted by molar-refractivity contribution is 0.537. The number of anilines is 2. The molecule has 1 N–H and O–H groups in total. The zero-order valence-corrected chi connectivity index (χ0v) is 9.39. The number of hydrogen-bond donors (Lipinski definition) is 1. The van der Waals surface area contributed by atoms with Crippen LogP contribution in [0.2, 0.25) is 0 Å². The van der Waals surface area contributed by atoms with Crippen molar-refractivity contribution in [3.63, 3.8) is 0 Å². The van der Waals surface area contributed by atoms with Gasteiger partial charge < -0.3 is 4.42 Å². The lowest BCUT2D eigenvalue weighted by Gasteiger charge is -2.14. The summed E-state index contributed by atoms with van der Waals surface area (Å²) >= 11 is 0. The number of rotatable bonds is 2. The Morgan fingerprint density at radius 1 is 1.53 bits per heavy atom. The molecular formula is C11H10N4O2. The predicted molar refractivity (Wildman–Crippen MR) is 61.1 cm³/mol. The van der Waals surface area contributed by atoms with E-state index in [0.29, 0.717) is 11.7 Å². The molecule has 0 fully saturated rings. The number of furan rings is 1. The van der Waals surface area contributed by atoms with E-state index in [4.69, 9.17) is 9.68 Å². The average molecular weight is 230 g/mol. The Morgan fingerprint density at radius 2 is 2.29 bits per heavy atom. The van der Waals surface area contributed by atoms with Gasteiger partial charge >= 0.3 is 5.69 Å². The van der Waals surface area contributed by atoms with Gasteiger partial charge in [-0.25, -0.2) is 4.79 Å². The first-order valence-electron chi connectivity index (χ1n) is 4.92. The van der Waals surface area contributed by atoms with Gasteiger partial charge in [0.2, 0.25) is 5.88 Å². The molecule has 0 aliphatic heterocycles. The number of nitrogens with zero attached hydrogens (tertiary/aromatic N) is 3. The first-order chi connectivity index (χ1) is 8.10. The van der Waals surface area contributed by atoms with Crippen LogP contribution in [0, 0.1) is 18.3 Å². The minimum absolute atomic E-state index is 0.162. The average Bonchev–Trinajstić information content (AvgIpc) is 2.74. The number of nitrogens with one attached hydrogen (secondary N) is 1. The summed E-state index contributed by atoms with van der Waals surface area (Å²) in [4.78, 5) is 18.9. The fourth-order valence-electron chi connectivity index (χ4n) is 1.39. The second-order valence-electron chi connectivity index (χ2n) is 3.51. The van der Waals surface area contributed by atoms with Crippen LogP contribution < -0.4 is 10.6 Å². The molecule has 2 aromatic heterocycles. The van der Waals surface area contributed by atoms with Crippen molar-refractivity contribution in [3.05, 3.63) is 40.1 Å². The summed E-state index contributed by atoms with van der Waals surface area (Å²) in [6, 6.07) is 6.93. The molecule has 0 atom stereocenters. The van der Waals surface area contributed by atoms with Crippen molar-refractivity contribution in [1.82, 2.24) is 9.97 Å². The maximum Gasteiger partial charge on any atom is 0.347 e. The monoisotopic (exact) mass is 230 g/mol. The standard InChI is InChI=1S/C11H10N4O2/c1-7-3-4-10(17-7)15(2)9-5-8(6-12)13-11(16)14-9/h3-5H,1-2H3,(H,13,14,16). The van der Waals surface area contributed by atoms with E-state index in [1.165, 1.54) is 6.07 Å². The minimum Gasteiger partial charge on any atom is -0.445 e. The fourth-order valence-corrected chi connectivity index (χ4v) is 1.39. The summed E-state index contributed by atoms with van der Waals surface area (Å²) in [6.07, 6.45) is 0. The molecule has 0 aliphatic rings. The van der Waals surface area contributed by atoms with Crippen molar-refractivity contribution in [2.24, 2.45) is 0 Å². The van der Waals surface area contributed by atoms with E-state index in [1.807, 2.05) is 19.1 Å². The molecule has 86 valence electrons. The fraction of sp³-hybridized carbons (Fsp3) is 0.182. The molecule has 0 radical (unpaired) electrons. The third-order valence-electron chi connectivity index (χ3n) is 2.25. The SMILES string of the molecule is Cc1ccc(N(C)c2cc(C#N)[nH]c(=O)n2)o1. The highest BCUT2D eigenvalue weighted by Crippen LogP contribution is 2.22. The Morgan fingerprint density at radius 3 is 2.88 bits per heavy atom. The molecule has 0 unspecified atom stereocenters. The van der Waals surface area contributed by atoms with Crippen LogP contribution in [0.5, 0.6) is 0 Å². The van der Waals surface area contributed by atoms with Gasteiger partial charge in [-0.3, -0.25) is 9.88 Å². The van der Waals surface area contributed by atoms with Crippen molar-refractivity contribution < 1.29 is 4.42 Å².